The monoisotopic (exact) mass is 259 g/mol. The van der Waals surface area contributed by atoms with Gasteiger partial charge in [-0.1, -0.05) is 0 Å². The van der Waals surface area contributed by atoms with Crippen molar-refractivity contribution in [2.75, 3.05) is 11.5 Å². The van der Waals surface area contributed by atoms with Gasteiger partial charge in [-0.2, -0.15) is 0 Å². The van der Waals surface area contributed by atoms with Crippen LogP contribution in [0.5, 0.6) is 0 Å². The molecular weight excluding hydrogens is 246 g/mol. The van der Waals surface area contributed by atoms with Crippen molar-refractivity contribution in [2.24, 2.45) is 5.92 Å². The van der Waals surface area contributed by atoms with Crippen LogP contribution in [0.1, 0.15) is 17.1 Å². The molecule has 1 saturated heterocycles. The molecule has 4 nitrogen and oxygen atoms in total. The lowest BCUT2D eigenvalue weighted by Crippen LogP contribution is -2.18. The summed E-state index contributed by atoms with van der Waals surface area (Å²) in [6, 6.07) is 0. The molecule has 0 aromatic carbocycles. The van der Waals surface area contributed by atoms with E-state index in [1.165, 1.54) is 11.3 Å². The minimum Gasteiger partial charge on any atom is -0.299 e. The van der Waals surface area contributed by atoms with Crippen LogP contribution in [0.4, 0.5) is 0 Å². The van der Waals surface area contributed by atoms with Crippen LogP contribution in [0.15, 0.2) is 5.38 Å². The van der Waals surface area contributed by atoms with Gasteiger partial charge in [-0.05, 0) is 13.3 Å². The van der Waals surface area contributed by atoms with Gasteiger partial charge < -0.3 is 0 Å². The third-order valence-electron chi connectivity index (χ3n) is 2.68. The van der Waals surface area contributed by atoms with E-state index in [1.807, 2.05) is 12.3 Å². The van der Waals surface area contributed by atoms with Crippen molar-refractivity contribution in [3.8, 4) is 0 Å². The van der Waals surface area contributed by atoms with E-state index >= 15 is 0 Å². The minimum atomic E-state index is -2.97. The Morgan fingerprint density at radius 2 is 2.38 bits per heavy atom. The van der Waals surface area contributed by atoms with E-state index in [1.54, 1.807) is 0 Å². The molecule has 6 heteroatoms. The highest BCUT2D eigenvalue weighted by molar-refractivity contribution is 7.91. The van der Waals surface area contributed by atoms with E-state index < -0.39 is 9.84 Å². The maximum absolute atomic E-state index is 11.8. The molecule has 1 aromatic heterocycles. The number of ketones is 1. The van der Waals surface area contributed by atoms with Crippen molar-refractivity contribution >= 4 is 27.0 Å². The predicted molar refractivity (Wildman–Crippen MR) is 62.3 cm³/mol. The summed E-state index contributed by atoms with van der Waals surface area (Å²) in [5.74, 6) is -0.124. The van der Waals surface area contributed by atoms with Crippen LogP contribution in [0.25, 0.3) is 0 Å². The van der Waals surface area contributed by atoms with Gasteiger partial charge in [0.1, 0.15) is 10.8 Å². The number of Topliss-reactive ketones (excluding diaryl/α,β-unsaturated/α-hetero) is 1. The maximum Gasteiger partial charge on any atom is 0.151 e. The van der Waals surface area contributed by atoms with Crippen molar-refractivity contribution < 1.29 is 13.2 Å². The van der Waals surface area contributed by atoms with Gasteiger partial charge in [-0.25, -0.2) is 13.4 Å². The first-order valence-corrected chi connectivity index (χ1v) is 7.80. The molecule has 16 heavy (non-hydrogen) atoms. The lowest BCUT2D eigenvalue weighted by molar-refractivity contribution is -0.121. The molecule has 1 atom stereocenters. The Kier molecular flexibility index (Phi) is 3.12. The van der Waals surface area contributed by atoms with Gasteiger partial charge in [0.05, 0.1) is 17.9 Å². The fourth-order valence-electron chi connectivity index (χ4n) is 1.83. The Balaban J connectivity index is 1.99. The summed E-state index contributed by atoms with van der Waals surface area (Å²) >= 11 is 1.46. The number of rotatable bonds is 3. The van der Waals surface area contributed by atoms with Crippen molar-refractivity contribution in [2.45, 2.75) is 19.8 Å². The van der Waals surface area contributed by atoms with E-state index in [9.17, 15) is 13.2 Å². The highest BCUT2D eigenvalue weighted by Crippen LogP contribution is 2.21. The second-order valence-electron chi connectivity index (χ2n) is 4.13. The second-order valence-corrected chi connectivity index (χ2v) is 7.30. The van der Waals surface area contributed by atoms with Gasteiger partial charge in [0.2, 0.25) is 0 Å². The molecule has 0 aliphatic carbocycles. The van der Waals surface area contributed by atoms with E-state index in [2.05, 4.69) is 4.98 Å². The third-order valence-corrected chi connectivity index (χ3v) is 5.41. The quantitative estimate of drug-likeness (QED) is 0.812. The zero-order chi connectivity index (χ0) is 11.8. The Morgan fingerprint density at radius 3 is 2.88 bits per heavy atom. The minimum absolute atomic E-state index is 0.00965. The van der Waals surface area contributed by atoms with E-state index in [0.29, 0.717) is 6.42 Å². The number of aryl methyl sites for hydroxylation is 1. The number of hydrogen-bond acceptors (Lipinski definition) is 5. The van der Waals surface area contributed by atoms with Crippen molar-refractivity contribution in [1.29, 1.82) is 0 Å². The molecule has 0 saturated carbocycles. The van der Waals surface area contributed by atoms with E-state index in [0.717, 1.165) is 10.7 Å². The molecule has 0 amide bonds. The van der Waals surface area contributed by atoms with Gasteiger partial charge >= 0.3 is 0 Å². The number of carbonyl (C=O) groups excluding carboxylic acids is 1. The summed E-state index contributed by atoms with van der Waals surface area (Å²) < 4.78 is 22.5. The highest BCUT2D eigenvalue weighted by Gasteiger charge is 2.32. The molecule has 1 aromatic rings. The smallest absolute Gasteiger partial charge is 0.151 e. The fourth-order valence-corrected chi connectivity index (χ4v) is 4.38. The fraction of sp³-hybridized carbons (Fsp3) is 0.600. The zero-order valence-electron chi connectivity index (χ0n) is 8.97. The van der Waals surface area contributed by atoms with Crippen LogP contribution < -0.4 is 0 Å². The van der Waals surface area contributed by atoms with E-state index in [-0.39, 0.29) is 29.6 Å². The summed E-state index contributed by atoms with van der Waals surface area (Å²) in [7, 11) is -2.97. The summed E-state index contributed by atoms with van der Waals surface area (Å²) in [5, 5.41) is 2.68. The number of hydrogen-bond donors (Lipinski definition) is 0. The van der Waals surface area contributed by atoms with Gasteiger partial charge in [-0.15, -0.1) is 11.3 Å². The van der Waals surface area contributed by atoms with Crippen LogP contribution in [-0.2, 0) is 21.1 Å². The topological polar surface area (TPSA) is 64.1 Å². The third kappa shape index (κ3) is 2.68. The number of sulfone groups is 1. The molecular formula is C10H13NO3S2. The molecule has 0 spiro atoms. The molecule has 2 heterocycles. The Morgan fingerprint density at radius 1 is 1.62 bits per heavy atom. The van der Waals surface area contributed by atoms with Crippen LogP contribution in [0, 0.1) is 12.8 Å². The number of carbonyl (C=O) groups is 1. The van der Waals surface area contributed by atoms with Crippen LogP contribution >= 0.6 is 11.3 Å². The first-order valence-electron chi connectivity index (χ1n) is 5.10. The normalized spacial score (nSPS) is 23.4. The Labute approximate surface area is 98.6 Å². The average Bonchev–Trinajstić information content (AvgIpc) is 2.72. The summed E-state index contributed by atoms with van der Waals surface area (Å²) in [5.41, 5.74) is 0.909. The summed E-state index contributed by atoms with van der Waals surface area (Å²) in [6.07, 6.45) is 0.754. The second kappa shape index (κ2) is 4.25. The lowest BCUT2D eigenvalue weighted by atomic mass is 10.0. The van der Waals surface area contributed by atoms with Gasteiger partial charge in [0, 0.05) is 17.0 Å². The summed E-state index contributed by atoms with van der Waals surface area (Å²) in [6.45, 7) is 1.88. The van der Waals surface area contributed by atoms with Crippen LogP contribution in [-0.4, -0.2) is 30.7 Å². The summed E-state index contributed by atoms with van der Waals surface area (Å²) in [4.78, 5) is 16.0. The van der Waals surface area contributed by atoms with Gasteiger partial charge in [0.25, 0.3) is 0 Å². The van der Waals surface area contributed by atoms with Crippen molar-refractivity contribution in [3.05, 3.63) is 16.1 Å². The SMILES string of the molecule is Cc1csc(CC(=O)C2CCS(=O)(=O)C2)n1. The Hall–Kier alpha value is -0.750. The molecule has 0 radical (unpaired) electrons. The molecule has 1 fully saturated rings. The van der Waals surface area contributed by atoms with Crippen molar-refractivity contribution in [3.63, 3.8) is 0 Å². The maximum atomic E-state index is 11.8. The molecule has 0 bridgehead atoms. The molecule has 88 valence electrons. The molecule has 2 rings (SSSR count). The zero-order valence-corrected chi connectivity index (χ0v) is 10.6. The van der Waals surface area contributed by atoms with Crippen LogP contribution in [0.2, 0.25) is 0 Å². The van der Waals surface area contributed by atoms with Crippen molar-refractivity contribution in [1.82, 2.24) is 4.98 Å². The Bertz CT molecular complexity index is 504. The van der Waals surface area contributed by atoms with E-state index in [4.69, 9.17) is 0 Å². The average molecular weight is 259 g/mol. The molecule has 1 aliphatic heterocycles. The number of thiazole rings is 1. The number of nitrogens with zero attached hydrogens (tertiary/aromatic N) is 1. The molecule has 1 unspecified atom stereocenters. The standard InChI is InChI=1S/C10H13NO3S2/c1-7-5-15-10(11-7)4-9(12)8-2-3-16(13,14)6-8/h5,8H,2-4,6H2,1H3. The predicted octanol–water partition coefficient (Wildman–Crippen LogP) is 0.998. The lowest BCUT2D eigenvalue weighted by Gasteiger charge is -2.03. The largest absolute Gasteiger partial charge is 0.299 e. The number of aromatic nitrogens is 1. The van der Waals surface area contributed by atoms with Gasteiger partial charge in [0.15, 0.2) is 9.84 Å². The van der Waals surface area contributed by atoms with Crippen LogP contribution in [0.3, 0.4) is 0 Å². The first-order chi connectivity index (χ1) is 7.46. The van der Waals surface area contributed by atoms with Gasteiger partial charge in [-0.3, -0.25) is 4.79 Å². The first kappa shape index (κ1) is 11.7. The highest BCUT2D eigenvalue weighted by atomic mass is 32.2. The molecule has 0 N–H and O–H groups in total. The molecule has 1 aliphatic rings.